The van der Waals surface area contributed by atoms with Gasteiger partial charge < -0.3 is 5.32 Å². The Labute approximate surface area is 101 Å². The van der Waals surface area contributed by atoms with E-state index in [0.717, 1.165) is 0 Å². The Morgan fingerprint density at radius 2 is 1.60 bits per heavy atom. The molecule has 0 aliphatic carbocycles. The minimum Gasteiger partial charge on any atom is -0.316 e. The van der Waals surface area contributed by atoms with Crippen molar-refractivity contribution in [2.24, 2.45) is 5.41 Å². The molecule has 0 fully saturated rings. The van der Waals surface area contributed by atoms with Gasteiger partial charge in [0.05, 0.1) is 0 Å². The lowest BCUT2D eigenvalue weighted by Gasteiger charge is -2.17. The molecule has 0 saturated heterocycles. The molecule has 0 heterocycles. The molecule has 1 N–H and O–H groups in total. The predicted octanol–water partition coefficient (Wildman–Crippen LogP) is 3.94. The van der Waals surface area contributed by atoms with Crippen LogP contribution in [-0.2, 0) is 0 Å². The van der Waals surface area contributed by atoms with Crippen molar-refractivity contribution in [3.8, 4) is 0 Å². The largest absolute Gasteiger partial charge is 0.316 e. The summed E-state index contributed by atoms with van der Waals surface area (Å²) in [7, 11) is 0. The van der Waals surface area contributed by atoms with Gasteiger partial charge in [0.15, 0.2) is 0 Å². The van der Waals surface area contributed by atoms with Crippen LogP contribution in [0.1, 0.15) is 52.9 Å². The molecule has 0 bridgehead atoms. The molecule has 0 aromatic rings. The van der Waals surface area contributed by atoms with E-state index in [1.807, 2.05) is 11.8 Å². The van der Waals surface area contributed by atoms with Crippen LogP contribution in [0.5, 0.6) is 0 Å². The molecule has 0 aromatic carbocycles. The summed E-state index contributed by atoms with van der Waals surface area (Å²) in [5.74, 6) is 1.24. The first kappa shape index (κ1) is 15.3. The highest BCUT2D eigenvalue weighted by Crippen LogP contribution is 2.22. The second-order valence-corrected chi connectivity index (χ2v) is 6.45. The summed E-state index contributed by atoms with van der Waals surface area (Å²) in [5, 5.41) is 3.47. The monoisotopic (exact) mass is 231 g/mol. The number of thioether (sulfide) groups is 1. The lowest BCUT2D eigenvalue weighted by Crippen LogP contribution is -2.18. The third-order valence-corrected chi connectivity index (χ3v) is 3.13. The van der Waals surface area contributed by atoms with E-state index in [2.05, 4.69) is 32.3 Å². The Hall–Kier alpha value is 0.310. The van der Waals surface area contributed by atoms with E-state index >= 15 is 0 Å². The van der Waals surface area contributed by atoms with E-state index in [1.54, 1.807) is 0 Å². The van der Waals surface area contributed by atoms with Gasteiger partial charge in [0, 0.05) is 12.3 Å². The zero-order valence-corrected chi connectivity index (χ0v) is 11.9. The summed E-state index contributed by atoms with van der Waals surface area (Å²) in [4.78, 5) is 0. The molecule has 0 aliphatic rings. The first-order chi connectivity index (χ1) is 7.06. The van der Waals surface area contributed by atoms with E-state index in [9.17, 15) is 0 Å². The van der Waals surface area contributed by atoms with Crippen molar-refractivity contribution in [2.45, 2.75) is 52.9 Å². The first-order valence-electron chi connectivity index (χ1n) is 6.26. The van der Waals surface area contributed by atoms with E-state index in [4.69, 9.17) is 0 Å². The van der Waals surface area contributed by atoms with Crippen LogP contribution in [0.15, 0.2) is 0 Å². The molecule has 0 radical (unpaired) electrons. The van der Waals surface area contributed by atoms with Crippen LogP contribution < -0.4 is 5.32 Å². The summed E-state index contributed by atoms with van der Waals surface area (Å²) >= 11 is 1.91. The van der Waals surface area contributed by atoms with Gasteiger partial charge in [0.2, 0.25) is 0 Å². The minimum absolute atomic E-state index is 0.524. The van der Waals surface area contributed by atoms with Crippen molar-refractivity contribution in [1.82, 2.24) is 5.32 Å². The van der Waals surface area contributed by atoms with Crippen molar-refractivity contribution in [3.05, 3.63) is 0 Å². The Bertz CT molecular complexity index is 129. The molecule has 0 aromatic heterocycles. The van der Waals surface area contributed by atoms with Crippen molar-refractivity contribution in [3.63, 3.8) is 0 Å². The molecule has 0 rings (SSSR count). The smallest absolute Gasteiger partial charge is 0.00553 e. The van der Waals surface area contributed by atoms with Gasteiger partial charge in [0.25, 0.3) is 0 Å². The normalized spacial score (nSPS) is 12.0. The number of hydrogen-bond donors (Lipinski definition) is 1. The average Bonchev–Trinajstić information content (AvgIpc) is 2.14. The fraction of sp³-hybridized carbons (Fsp3) is 1.00. The molecule has 15 heavy (non-hydrogen) atoms. The number of rotatable bonds is 9. The minimum atomic E-state index is 0.524. The maximum atomic E-state index is 3.47. The van der Waals surface area contributed by atoms with Crippen LogP contribution in [0, 0.1) is 5.41 Å². The zero-order valence-electron chi connectivity index (χ0n) is 11.1. The van der Waals surface area contributed by atoms with E-state index < -0.39 is 0 Å². The topological polar surface area (TPSA) is 12.0 Å². The van der Waals surface area contributed by atoms with Crippen molar-refractivity contribution in [1.29, 1.82) is 0 Å². The van der Waals surface area contributed by atoms with Crippen LogP contribution in [0.3, 0.4) is 0 Å². The third-order valence-electron chi connectivity index (χ3n) is 2.51. The second kappa shape index (κ2) is 9.53. The van der Waals surface area contributed by atoms with Gasteiger partial charge in [-0.1, -0.05) is 40.0 Å². The van der Waals surface area contributed by atoms with Crippen LogP contribution >= 0.6 is 11.8 Å². The maximum Gasteiger partial charge on any atom is 0.00553 e. The van der Waals surface area contributed by atoms with Crippen LogP contribution in [0.4, 0.5) is 0 Å². The Balaban J connectivity index is 2.99. The molecule has 0 spiro atoms. The summed E-state index contributed by atoms with van der Waals surface area (Å²) in [6, 6.07) is 0. The van der Waals surface area contributed by atoms with Crippen molar-refractivity contribution < 1.29 is 0 Å². The van der Waals surface area contributed by atoms with Crippen LogP contribution in [0.25, 0.3) is 0 Å². The molecular weight excluding hydrogens is 202 g/mol. The highest BCUT2D eigenvalue weighted by molar-refractivity contribution is 7.98. The molecule has 1 nitrogen and oxygen atoms in total. The lowest BCUT2D eigenvalue weighted by molar-refractivity contribution is 0.357. The van der Waals surface area contributed by atoms with Gasteiger partial charge in [-0.2, -0.15) is 11.8 Å². The zero-order chi connectivity index (χ0) is 11.6. The quantitative estimate of drug-likeness (QED) is 0.603. The molecule has 2 heteroatoms. The molecule has 92 valence electrons. The predicted molar refractivity (Wildman–Crippen MR) is 73.8 cm³/mol. The molecule has 0 aliphatic heterocycles. The number of unbranched alkanes of at least 4 members (excludes halogenated alkanes) is 3. The average molecular weight is 231 g/mol. The van der Waals surface area contributed by atoms with Crippen molar-refractivity contribution in [2.75, 3.05) is 25.1 Å². The Morgan fingerprint density at radius 3 is 2.20 bits per heavy atom. The van der Waals surface area contributed by atoms with Crippen LogP contribution in [-0.4, -0.2) is 25.1 Å². The maximum absolute atomic E-state index is 3.47. The molecular formula is C13H29NS. The first-order valence-corrected chi connectivity index (χ1v) is 7.65. The lowest BCUT2D eigenvalue weighted by atomic mass is 9.89. The fourth-order valence-corrected chi connectivity index (χ4v) is 1.91. The fourth-order valence-electron chi connectivity index (χ4n) is 1.56. The van der Waals surface area contributed by atoms with Crippen molar-refractivity contribution >= 4 is 11.8 Å². The second-order valence-electron chi connectivity index (χ2n) is 5.47. The van der Waals surface area contributed by atoms with Gasteiger partial charge in [-0.25, -0.2) is 0 Å². The summed E-state index contributed by atoms with van der Waals surface area (Å²) in [6.45, 7) is 9.37. The SMILES string of the molecule is CSCCNCCCCCCC(C)(C)C. The Kier molecular flexibility index (Phi) is 9.73. The summed E-state index contributed by atoms with van der Waals surface area (Å²) in [5.41, 5.74) is 0.524. The van der Waals surface area contributed by atoms with Gasteiger partial charge in [-0.15, -0.1) is 0 Å². The molecule has 0 saturated carbocycles. The number of nitrogens with one attached hydrogen (secondary N) is 1. The van der Waals surface area contributed by atoms with Gasteiger partial charge >= 0.3 is 0 Å². The van der Waals surface area contributed by atoms with Gasteiger partial charge in [0.1, 0.15) is 0 Å². The van der Waals surface area contributed by atoms with E-state index in [1.165, 1.54) is 50.9 Å². The molecule has 0 unspecified atom stereocenters. The van der Waals surface area contributed by atoms with Gasteiger partial charge in [-0.05, 0) is 31.1 Å². The van der Waals surface area contributed by atoms with Crippen LogP contribution in [0.2, 0.25) is 0 Å². The van der Waals surface area contributed by atoms with E-state index in [0.29, 0.717) is 5.41 Å². The standard InChI is InChI=1S/C13H29NS/c1-13(2,3)9-7-5-6-8-10-14-11-12-15-4/h14H,5-12H2,1-4H3. The highest BCUT2D eigenvalue weighted by atomic mass is 32.2. The summed E-state index contributed by atoms with van der Waals surface area (Å²) < 4.78 is 0. The highest BCUT2D eigenvalue weighted by Gasteiger charge is 2.08. The number of hydrogen-bond acceptors (Lipinski definition) is 2. The Morgan fingerprint density at radius 1 is 0.933 bits per heavy atom. The third kappa shape index (κ3) is 14.3. The van der Waals surface area contributed by atoms with Gasteiger partial charge in [-0.3, -0.25) is 0 Å². The molecule has 0 amide bonds. The summed E-state index contributed by atoms with van der Waals surface area (Å²) in [6.07, 6.45) is 9.07. The molecule has 0 atom stereocenters. The van der Waals surface area contributed by atoms with E-state index in [-0.39, 0.29) is 0 Å².